The third-order valence-electron chi connectivity index (χ3n) is 2.69. The molecule has 0 bridgehead atoms. The smallest absolute Gasteiger partial charge is 0.160 e. The van der Waals surface area contributed by atoms with E-state index >= 15 is 0 Å². The second-order valence-electron chi connectivity index (χ2n) is 5.11. The number of imidazole rings is 1. The zero-order valence-corrected chi connectivity index (χ0v) is 11.7. The van der Waals surface area contributed by atoms with Crippen molar-refractivity contribution in [3.63, 3.8) is 0 Å². The average Bonchev–Trinajstić information content (AvgIpc) is 2.76. The van der Waals surface area contributed by atoms with E-state index in [1.165, 1.54) is 0 Å². The number of aryl methyl sites for hydroxylation is 1. The van der Waals surface area contributed by atoms with E-state index in [1.54, 1.807) is 13.3 Å². The second kappa shape index (κ2) is 5.36. The van der Waals surface area contributed by atoms with Gasteiger partial charge in [0.25, 0.3) is 0 Å². The van der Waals surface area contributed by atoms with E-state index in [9.17, 15) is 0 Å². The topological polar surface area (TPSA) is 64.9 Å². The molecule has 0 unspecified atom stereocenters. The molecule has 0 aliphatic carbocycles. The van der Waals surface area contributed by atoms with Crippen LogP contribution in [0.1, 0.15) is 13.8 Å². The summed E-state index contributed by atoms with van der Waals surface area (Å²) in [7, 11) is 3.61. The van der Waals surface area contributed by atoms with Gasteiger partial charge in [-0.3, -0.25) is 0 Å². The minimum Gasteiger partial charge on any atom is -0.382 e. The Bertz CT molecular complexity index is 532. The van der Waals surface area contributed by atoms with Gasteiger partial charge < -0.3 is 14.6 Å². The molecular formula is C13H19N5O. The molecule has 0 saturated heterocycles. The number of hydrogen-bond donors (Lipinski definition) is 1. The van der Waals surface area contributed by atoms with E-state index in [0.29, 0.717) is 6.61 Å². The van der Waals surface area contributed by atoms with Gasteiger partial charge in [-0.05, 0) is 26.0 Å². The molecular weight excluding hydrogens is 242 g/mol. The number of anilines is 1. The lowest BCUT2D eigenvalue weighted by molar-refractivity contribution is 0.158. The summed E-state index contributed by atoms with van der Waals surface area (Å²) in [5.41, 5.74) is 0.566. The Hall–Kier alpha value is -1.95. The SMILES string of the molecule is COCC(C)(C)Nc1ccc(-c2nccn2C)nn1. The van der Waals surface area contributed by atoms with Crippen LogP contribution < -0.4 is 5.32 Å². The van der Waals surface area contributed by atoms with Gasteiger partial charge in [0.1, 0.15) is 11.5 Å². The maximum atomic E-state index is 5.15. The van der Waals surface area contributed by atoms with Crippen molar-refractivity contribution in [2.45, 2.75) is 19.4 Å². The van der Waals surface area contributed by atoms with Crippen LogP contribution in [0.15, 0.2) is 24.5 Å². The molecule has 0 spiro atoms. The first-order valence-corrected chi connectivity index (χ1v) is 6.10. The van der Waals surface area contributed by atoms with Crippen LogP contribution in [0.25, 0.3) is 11.5 Å². The van der Waals surface area contributed by atoms with Gasteiger partial charge in [-0.2, -0.15) is 0 Å². The van der Waals surface area contributed by atoms with E-state index in [1.807, 2.05) is 43.8 Å². The molecule has 0 aliphatic heterocycles. The Kier molecular flexibility index (Phi) is 3.80. The molecule has 0 fully saturated rings. The van der Waals surface area contributed by atoms with E-state index < -0.39 is 0 Å². The zero-order valence-electron chi connectivity index (χ0n) is 11.7. The predicted molar refractivity (Wildman–Crippen MR) is 73.8 cm³/mol. The van der Waals surface area contributed by atoms with Crippen LogP contribution in [-0.4, -0.2) is 39.0 Å². The van der Waals surface area contributed by atoms with Crippen molar-refractivity contribution in [3.05, 3.63) is 24.5 Å². The highest BCUT2D eigenvalue weighted by Crippen LogP contribution is 2.16. The number of aromatic nitrogens is 4. The van der Waals surface area contributed by atoms with Gasteiger partial charge in [0.15, 0.2) is 5.82 Å². The van der Waals surface area contributed by atoms with Gasteiger partial charge in [-0.25, -0.2) is 4.98 Å². The average molecular weight is 261 g/mol. The van der Waals surface area contributed by atoms with Crippen molar-refractivity contribution in [3.8, 4) is 11.5 Å². The van der Waals surface area contributed by atoms with Crippen LogP contribution in [-0.2, 0) is 11.8 Å². The van der Waals surface area contributed by atoms with E-state index in [0.717, 1.165) is 17.3 Å². The van der Waals surface area contributed by atoms with Crippen molar-refractivity contribution >= 4 is 5.82 Å². The molecule has 0 amide bonds. The maximum Gasteiger partial charge on any atom is 0.160 e. The summed E-state index contributed by atoms with van der Waals surface area (Å²) in [6.07, 6.45) is 3.62. The minimum absolute atomic E-state index is 0.186. The molecule has 1 N–H and O–H groups in total. The van der Waals surface area contributed by atoms with E-state index in [-0.39, 0.29) is 5.54 Å². The monoisotopic (exact) mass is 261 g/mol. The molecule has 0 saturated carbocycles. The fourth-order valence-electron chi connectivity index (χ4n) is 1.87. The molecule has 2 aromatic rings. The number of methoxy groups -OCH3 is 1. The number of hydrogen-bond acceptors (Lipinski definition) is 5. The largest absolute Gasteiger partial charge is 0.382 e. The number of rotatable bonds is 5. The lowest BCUT2D eigenvalue weighted by Gasteiger charge is -2.25. The molecule has 102 valence electrons. The van der Waals surface area contributed by atoms with Crippen LogP contribution in [0.4, 0.5) is 5.82 Å². The van der Waals surface area contributed by atoms with Crippen LogP contribution in [0.3, 0.4) is 0 Å². The summed E-state index contributed by atoms with van der Waals surface area (Å²) >= 11 is 0. The summed E-state index contributed by atoms with van der Waals surface area (Å²) in [5.74, 6) is 1.52. The third kappa shape index (κ3) is 3.29. The molecule has 0 aliphatic rings. The zero-order chi connectivity index (χ0) is 13.9. The highest BCUT2D eigenvalue weighted by Gasteiger charge is 2.18. The van der Waals surface area contributed by atoms with Crippen LogP contribution >= 0.6 is 0 Å². The van der Waals surface area contributed by atoms with Crippen molar-refractivity contribution in [1.82, 2.24) is 19.7 Å². The lowest BCUT2D eigenvalue weighted by Crippen LogP contribution is -2.36. The number of ether oxygens (including phenoxy) is 1. The summed E-state index contributed by atoms with van der Waals surface area (Å²) < 4.78 is 7.06. The van der Waals surface area contributed by atoms with Gasteiger partial charge in [0.05, 0.1) is 12.1 Å². The fraction of sp³-hybridized carbons (Fsp3) is 0.462. The van der Waals surface area contributed by atoms with Gasteiger partial charge >= 0.3 is 0 Å². The summed E-state index contributed by atoms with van der Waals surface area (Å²) in [4.78, 5) is 4.24. The summed E-state index contributed by atoms with van der Waals surface area (Å²) in [6, 6.07) is 3.80. The lowest BCUT2D eigenvalue weighted by atomic mass is 10.1. The van der Waals surface area contributed by atoms with Crippen molar-refractivity contribution in [2.75, 3.05) is 19.0 Å². The number of nitrogens with one attached hydrogen (secondary N) is 1. The Morgan fingerprint density at radius 3 is 2.63 bits per heavy atom. The molecule has 19 heavy (non-hydrogen) atoms. The van der Waals surface area contributed by atoms with Gasteiger partial charge in [-0.1, -0.05) is 0 Å². The normalized spacial score (nSPS) is 11.6. The molecule has 6 nitrogen and oxygen atoms in total. The molecule has 0 aromatic carbocycles. The molecule has 0 radical (unpaired) electrons. The quantitative estimate of drug-likeness (QED) is 0.887. The first-order chi connectivity index (χ1) is 9.02. The Labute approximate surface area is 112 Å². The first-order valence-electron chi connectivity index (χ1n) is 6.10. The highest BCUT2D eigenvalue weighted by molar-refractivity contribution is 5.51. The highest BCUT2D eigenvalue weighted by atomic mass is 16.5. The van der Waals surface area contributed by atoms with Crippen molar-refractivity contribution in [1.29, 1.82) is 0 Å². The van der Waals surface area contributed by atoms with E-state index in [2.05, 4.69) is 20.5 Å². The molecule has 2 heterocycles. The third-order valence-corrected chi connectivity index (χ3v) is 2.69. The second-order valence-corrected chi connectivity index (χ2v) is 5.11. The van der Waals surface area contributed by atoms with E-state index in [4.69, 9.17) is 4.74 Å². The van der Waals surface area contributed by atoms with Crippen LogP contribution in [0, 0.1) is 0 Å². The van der Waals surface area contributed by atoms with Crippen molar-refractivity contribution < 1.29 is 4.74 Å². The van der Waals surface area contributed by atoms with Crippen LogP contribution in [0.5, 0.6) is 0 Å². The molecule has 2 aromatic heterocycles. The maximum absolute atomic E-state index is 5.15. The fourth-order valence-corrected chi connectivity index (χ4v) is 1.87. The number of nitrogens with zero attached hydrogens (tertiary/aromatic N) is 4. The summed E-state index contributed by atoms with van der Waals surface area (Å²) in [5, 5.41) is 11.6. The Morgan fingerprint density at radius 1 is 1.32 bits per heavy atom. The molecule has 6 heteroatoms. The van der Waals surface area contributed by atoms with Gasteiger partial charge in [0.2, 0.25) is 0 Å². The summed E-state index contributed by atoms with van der Waals surface area (Å²) in [6.45, 7) is 4.69. The first kappa shape index (κ1) is 13.5. The predicted octanol–water partition coefficient (Wildman–Crippen LogP) is 1.71. The van der Waals surface area contributed by atoms with Crippen molar-refractivity contribution in [2.24, 2.45) is 7.05 Å². The minimum atomic E-state index is -0.186. The van der Waals surface area contributed by atoms with Gasteiger partial charge in [-0.15, -0.1) is 10.2 Å². The van der Waals surface area contributed by atoms with Crippen LogP contribution in [0.2, 0.25) is 0 Å². The molecule has 2 rings (SSSR count). The Balaban J connectivity index is 2.13. The standard InChI is InChI=1S/C13H19N5O/c1-13(2,9-19-4)15-11-6-5-10(16-17-11)12-14-7-8-18(12)3/h5-8H,9H2,1-4H3,(H,15,17). The molecule has 0 atom stereocenters. The Morgan fingerprint density at radius 2 is 2.11 bits per heavy atom. The van der Waals surface area contributed by atoms with Gasteiger partial charge in [0, 0.05) is 26.6 Å².